The van der Waals surface area contributed by atoms with Crippen molar-refractivity contribution in [3.63, 3.8) is 0 Å². The number of aromatic amines is 2. The van der Waals surface area contributed by atoms with Crippen molar-refractivity contribution in [2.75, 3.05) is 20.2 Å². The van der Waals surface area contributed by atoms with E-state index in [0.29, 0.717) is 17.9 Å². The zero-order valence-electron chi connectivity index (χ0n) is 21.4. The summed E-state index contributed by atoms with van der Waals surface area (Å²) in [7, 11) is 1.58. The number of methoxy groups -OCH3 is 1. The number of hydrogen-bond donors (Lipinski definition) is 2. The molecule has 5 heterocycles. The normalized spacial score (nSPS) is 16.3. The molecule has 2 N–H and O–H groups in total. The Balaban J connectivity index is 1.15. The molecule has 1 atom stereocenters. The summed E-state index contributed by atoms with van der Waals surface area (Å²) < 4.78 is 21.8. The second-order valence-electron chi connectivity index (χ2n) is 9.98. The Morgan fingerprint density at radius 3 is 3.00 bits per heavy atom. The lowest BCUT2D eigenvalue weighted by molar-refractivity contribution is 0.194. The van der Waals surface area contributed by atoms with E-state index in [1.165, 1.54) is 6.07 Å². The van der Waals surface area contributed by atoms with Gasteiger partial charge in [-0.25, -0.2) is 14.1 Å². The van der Waals surface area contributed by atoms with E-state index in [0.717, 1.165) is 70.5 Å². The maximum atomic E-state index is 14.5. The largest absolute Gasteiger partial charge is 0.496 e. The molecule has 9 nitrogen and oxygen atoms in total. The number of piperidine rings is 1. The van der Waals surface area contributed by atoms with Gasteiger partial charge >= 0.3 is 0 Å². The van der Waals surface area contributed by atoms with Crippen molar-refractivity contribution in [3.05, 3.63) is 84.2 Å². The second kappa shape index (κ2) is 9.63. The summed E-state index contributed by atoms with van der Waals surface area (Å²) in [6, 6.07) is 15.1. The number of fused-ring (bicyclic) bond motifs is 2. The highest BCUT2D eigenvalue weighted by molar-refractivity contribution is 6.02. The number of nitrogens with zero attached hydrogens (tertiary/aromatic N) is 6. The number of rotatable bonds is 6. The molecule has 0 aliphatic carbocycles. The van der Waals surface area contributed by atoms with Gasteiger partial charge in [0.2, 0.25) is 0 Å². The lowest BCUT2D eigenvalue weighted by atomic mass is 9.95. The molecule has 0 spiro atoms. The maximum Gasteiger partial charge on any atom is 0.137 e. The first-order chi connectivity index (χ1) is 19.2. The molecule has 0 unspecified atom stereocenters. The van der Waals surface area contributed by atoms with Crippen LogP contribution in [0, 0.1) is 5.82 Å². The van der Waals surface area contributed by atoms with E-state index < -0.39 is 0 Å². The number of hydrogen-bond acceptors (Lipinski definition) is 6. The lowest BCUT2D eigenvalue weighted by Gasteiger charge is -2.32. The van der Waals surface area contributed by atoms with E-state index in [4.69, 9.17) is 4.74 Å². The summed E-state index contributed by atoms with van der Waals surface area (Å²) in [4.78, 5) is 9.84. The monoisotopic (exact) mass is 522 g/mol. The minimum absolute atomic E-state index is 0.220. The Labute approximate surface area is 223 Å². The van der Waals surface area contributed by atoms with Crippen LogP contribution in [-0.4, -0.2) is 60.3 Å². The Morgan fingerprint density at radius 1 is 1.13 bits per heavy atom. The number of aromatic nitrogens is 7. The topological polar surface area (TPSA) is 101 Å². The van der Waals surface area contributed by atoms with Gasteiger partial charge in [-0.15, -0.1) is 5.10 Å². The Kier molecular flexibility index (Phi) is 5.81. The molecule has 2 aromatic carbocycles. The first-order valence-corrected chi connectivity index (χ1v) is 13.0. The molecule has 1 saturated heterocycles. The number of halogens is 1. The third-order valence-electron chi connectivity index (χ3n) is 7.64. The predicted octanol–water partition coefficient (Wildman–Crippen LogP) is 5.21. The van der Waals surface area contributed by atoms with Crippen LogP contribution in [0.4, 0.5) is 4.39 Å². The van der Waals surface area contributed by atoms with Gasteiger partial charge in [-0.3, -0.25) is 10.00 Å². The molecular formula is C29H27FN8O. The molecule has 1 fully saturated rings. The number of nitrogens with one attached hydrogen (secondary N) is 2. The summed E-state index contributed by atoms with van der Waals surface area (Å²) in [5.41, 5.74) is 6.10. The van der Waals surface area contributed by atoms with Crippen molar-refractivity contribution >= 4 is 21.9 Å². The molecule has 6 aromatic rings. The van der Waals surface area contributed by atoms with Gasteiger partial charge in [0, 0.05) is 53.3 Å². The van der Waals surface area contributed by atoms with Crippen molar-refractivity contribution in [3.8, 4) is 22.7 Å². The van der Waals surface area contributed by atoms with Gasteiger partial charge in [0.15, 0.2) is 0 Å². The summed E-state index contributed by atoms with van der Waals surface area (Å²) in [6.45, 7) is 2.20. The van der Waals surface area contributed by atoms with Gasteiger partial charge in [0.1, 0.15) is 22.9 Å². The van der Waals surface area contributed by atoms with Crippen LogP contribution in [0.15, 0.2) is 67.1 Å². The zero-order valence-corrected chi connectivity index (χ0v) is 21.4. The molecule has 1 aliphatic heterocycles. The van der Waals surface area contributed by atoms with Crippen LogP contribution in [-0.2, 0) is 6.54 Å². The summed E-state index contributed by atoms with van der Waals surface area (Å²) in [5.74, 6) is 0.568. The Hall–Kier alpha value is -4.57. The van der Waals surface area contributed by atoms with Gasteiger partial charge in [-0.2, -0.15) is 5.10 Å². The number of pyridine rings is 1. The van der Waals surface area contributed by atoms with Crippen molar-refractivity contribution in [1.29, 1.82) is 0 Å². The maximum absolute atomic E-state index is 14.5. The van der Waals surface area contributed by atoms with Gasteiger partial charge < -0.3 is 9.72 Å². The molecule has 0 radical (unpaired) electrons. The highest BCUT2D eigenvalue weighted by atomic mass is 19.1. The zero-order chi connectivity index (χ0) is 26.3. The van der Waals surface area contributed by atoms with Crippen molar-refractivity contribution in [2.45, 2.75) is 25.3 Å². The van der Waals surface area contributed by atoms with Gasteiger partial charge in [-0.1, -0.05) is 11.3 Å². The SMILES string of the molecule is COc1cccc(F)c1CN1CCC[C@@H](c2cn(-c3ccc4[nH]nc(-c5ccnc6[nH]ccc56)c4c3)nn2)C1. The van der Waals surface area contributed by atoms with Crippen molar-refractivity contribution in [1.82, 2.24) is 40.1 Å². The van der Waals surface area contributed by atoms with Crippen LogP contribution in [0.3, 0.4) is 0 Å². The number of ether oxygens (including phenoxy) is 1. The third kappa shape index (κ3) is 4.22. The van der Waals surface area contributed by atoms with Gasteiger partial charge in [0.05, 0.1) is 30.2 Å². The summed E-state index contributed by atoms with van der Waals surface area (Å²) >= 11 is 0. The van der Waals surface area contributed by atoms with Crippen LogP contribution in [0.5, 0.6) is 5.75 Å². The average molecular weight is 523 g/mol. The van der Waals surface area contributed by atoms with Gasteiger partial charge in [0.25, 0.3) is 0 Å². The smallest absolute Gasteiger partial charge is 0.137 e. The third-order valence-corrected chi connectivity index (χ3v) is 7.64. The van der Waals surface area contributed by atoms with Crippen molar-refractivity contribution in [2.24, 2.45) is 0 Å². The second-order valence-corrected chi connectivity index (χ2v) is 9.98. The predicted molar refractivity (Wildman–Crippen MR) is 146 cm³/mol. The number of H-pyrrole nitrogens is 2. The van der Waals surface area contributed by atoms with E-state index >= 15 is 0 Å². The van der Waals surface area contributed by atoms with E-state index in [1.54, 1.807) is 19.4 Å². The molecule has 0 bridgehead atoms. The summed E-state index contributed by atoms with van der Waals surface area (Å²) in [5, 5.41) is 18.8. The summed E-state index contributed by atoms with van der Waals surface area (Å²) in [6.07, 6.45) is 7.71. The standard InChI is InChI=1S/C29H27FN8O/c1-39-27-6-2-5-24(30)23(27)16-37-13-3-4-18(15-37)26-17-38(36-34-26)19-7-8-25-22(14-19)28(35-33-25)20-9-11-31-29-21(20)10-12-32-29/h2,5-12,14,17-18H,3-4,13,15-16H2,1H3,(H,31,32)(H,33,35)/t18-/m1/s1. The van der Waals surface area contributed by atoms with E-state index in [9.17, 15) is 4.39 Å². The molecule has 10 heteroatoms. The lowest BCUT2D eigenvalue weighted by Crippen LogP contribution is -2.34. The molecular weight excluding hydrogens is 495 g/mol. The minimum Gasteiger partial charge on any atom is -0.496 e. The van der Waals surface area contributed by atoms with Crippen LogP contribution >= 0.6 is 0 Å². The first kappa shape index (κ1) is 23.5. The van der Waals surface area contributed by atoms with Crippen molar-refractivity contribution < 1.29 is 9.13 Å². The van der Waals surface area contributed by atoms with Crippen LogP contribution in [0.25, 0.3) is 38.9 Å². The van der Waals surface area contributed by atoms with Crippen LogP contribution in [0.1, 0.15) is 30.0 Å². The van der Waals surface area contributed by atoms with Gasteiger partial charge in [-0.05, 0) is 61.9 Å². The number of benzene rings is 2. The molecule has 4 aromatic heterocycles. The first-order valence-electron chi connectivity index (χ1n) is 13.0. The fourth-order valence-electron chi connectivity index (χ4n) is 5.65. The highest BCUT2D eigenvalue weighted by Gasteiger charge is 2.25. The fourth-order valence-corrected chi connectivity index (χ4v) is 5.65. The molecule has 1 aliphatic rings. The van der Waals surface area contributed by atoms with E-state index in [1.807, 2.05) is 47.4 Å². The highest BCUT2D eigenvalue weighted by Crippen LogP contribution is 2.33. The fraction of sp³-hybridized carbons (Fsp3) is 0.241. The molecule has 0 amide bonds. The van der Waals surface area contributed by atoms with E-state index in [-0.39, 0.29) is 11.7 Å². The molecule has 39 heavy (non-hydrogen) atoms. The minimum atomic E-state index is -0.236. The number of likely N-dealkylation sites (tertiary alicyclic amines) is 1. The van der Waals surface area contributed by atoms with Crippen LogP contribution < -0.4 is 4.74 Å². The molecule has 7 rings (SSSR count). The quantitative estimate of drug-likeness (QED) is 0.311. The molecule has 196 valence electrons. The van der Waals surface area contributed by atoms with Crippen LogP contribution in [0.2, 0.25) is 0 Å². The Bertz CT molecular complexity index is 1790. The van der Waals surface area contributed by atoms with E-state index in [2.05, 4.69) is 41.4 Å². The Morgan fingerprint density at radius 2 is 2.08 bits per heavy atom. The average Bonchev–Trinajstić information content (AvgIpc) is 3.73. The molecule has 0 saturated carbocycles.